The standard InChI is InChI=1S/C8H6F2N2O4/c1-16-8-6(12(14)15)2-4(7(9)10)5(3-13)11-8/h2-3,7H,1H3. The van der Waals surface area contributed by atoms with Gasteiger partial charge in [0.1, 0.15) is 5.69 Å². The molecule has 1 aromatic rings. The zero-order valence-corrected chi connectivity index (χ0v) is 8.02. The van der Waals surface area contributed by atoms with E-state index in [1.807, 2.05) is 0 Å². The zero-order chi connectivity index (χ0) is 12.3. The second kappa shape index (κ2) is 4.60. The summed E-state index contributed by atoms with van der Waals surface area (Å²) >= 11 is 0. The fourth-order valence-electron chi connectivity index (χ4n) is 1.06. The van der Waals surface area contributed by atoms with E-state index >= 15 is 0 Å². The minimum absolute atomic E-state index is 0.0910. The minimum Gasteiger partial charge on any atom is -0.476 e. The summed E-state index contributed by atoms with van der Waals surface area (Å²) in [6, 6.07) is 0.584. The number of ether oxygens (including phenoxy) is 1. The Hall–Kier alpha value is -2.12. The Bertz CT molecular complexity index is 436. The molecule has 0 N–H and O–H groups in total. The SMILES string of the molecule is COc1nc(C=O)c(C(F)F)cc1[N+](=O)[O-]. The van der Waals surface area contributed by atoms with E-state index in [2.05, 4.69) is 9.72 Å². The first-order chi connectivity index (χ1) is 7.51. The number of carbonyl (C=O) groups is 1. The van der Waals surface area contributed by atoms with E-state index in [-0.39, 0.29) is 6.29 Å². The fourth-order valence-corrected chi connectivity index (χ4v) is 1.06. The minimum atomic E-state index is -3.02. The van der Waals surface area contributed by atoms with Crippen LogP contribution in [-0.4, -0.2) is 23.3 Å². The molecule has 0 saturated carbocycles. The average molecular weight is 232 g/mol. The van der Waals surface area contributed by atoms with E-state index in [1.165, 1.54) is 0 Å². The average Bonchev–Trinajstić information content (AvgIpc) is 2.26. The second-order valence-corrected chi connectivity index (χ2v) is 2.67. The van der Waals surface area contributed by atoms with Gasteiger partial charge >= 0.3 is 5.69 Å². The zero-order valence-electron chi connectivity index (χ0n) is 8.02. The predicted molar refractivity (Wildman–Crippen MR) is 47.8 cm³/mol. The summed E-state index contributed by atoms with van der Waals surface area (Å²) in [6.07, 6.45) is -2.93. The van der Waals surface area contributed by atoms with Gasteiger partial charge in [0.15, 0.2) is 6.29 Å². The van der Waals surface area contributed by atoms with Crippen LogP contribution in [0.3, 0.4) is 0 Å². The number of alkyl halides is 2. The molecule has 0 aliphatic carbocycles. The fraction of sp³-hybridized carbons (Fsp3) is 0.250. The van der Waals surface area contributed by atoms with Crippen molar-refractivity contribution in [3.05, 3.63) is 27.4 Å². The number of hydrogen-bond acceptors (Lipinski definition) is 5. The van der Waals surface area contributed by atoms with Crippen LogP contribution in [0.1, 0.15) is 22.5 Å². The Morgan fingerprint density at radius 2 is 2.25 bits per heavy atom. The van der Waals surface area contributed by atoms with Crippen molar-refractivity contribution in [2.24, 2.45) is 0 Å². The summed E-state index contributed by atoms with van der Waals surface area (Å²) in [5.41, 5.74) is -2.07. The molecule has 0 spiro atoms. The first kappa shape index (κ1) is 12.0. The van der Waals surface area contributed by atoms with Crippen LogP contribution in [0.2, 0.25) is 0 Å². The van der Waals surface area contributed by atoms with Crippen molar-refractivity contribution < 1.29 is 23.2 Å². The molecule has 0 saturated heterocycles. The molecule has 0 aliphatic heterocycles. The monoisotopic (exact) mass is 232 g/mol. The Balaban J connectivity index is 3.46. The highest BCUT2D eigenvalue weighted by Crippen LogP contribution is 2.31. The van der Waals surface area contributed by atoms with Crippen molar-refractivity contribution >= 4 is 12.0 Å². The van der Waals surface area contributed by atoms with E-state index < -0.39 is 34.2 Å². The Morgan fingerprint density at radius 1 is 1.62 bits per heavy atom. The smallest absolute Gasteiger partial charge is 0.331 e. The summed E-state index contributed by atoms with van der Waals surface area (Å²) in [4.78, 5) is 23.4. The van der Waals surface area contributed by atoms with Crippen molar-refractivity contribution in [3.63, 3.8) is 0 Å². The third kappa shape index (κ3) is 2.10. The molecule has 0 aliphatic rings. The summed E-state index contributed by atoms with van der Waals surface area (Å²) < 4.78 is 29.4. The van der Waals surface area contributed by atoms with Crippen molar-refractivity contribution in [1.82, 2.24) is 4.98 Å². The van der Waals surface area contributed by atoms with E-state index in [9.17, 15) is 23.7 Å². The third-order valence-electron chi connectivity index (χ3n) is 1.77. The number of aromatic nitrogens is 1. The maximum Gasteiger partial charge on any atom is 0.331 e. The first-order valence-corrected chi connectivity index (χ1v) is 3.98. The summed E-state index contributed by atoms with van der Waals surface area (Å²) in [5.74, 6) is -0.475. The maximum absolute atomic E-state index is 12.4. The van der Waals surface area contributed by atoms with Crippen molar-refractivity contribution in [1.29, 1.82) is 0 Å². The van der Waals surface area contributed by atoms with E-state index in [1.54, 1.807) is 0 Å². The van der Waals surface area contributed by atoms with Gasteiger partial charge in [-0.2, -0.15) is 0 Å². The number of nitrogens with zero attached hydrogens (tertiary/aromatic N) is 2. The first-order valence-electron chi connectivity index (χ1n) is 3.98. The van der Waals surface area contributed by atoms with Gasteiger partial charge in [-0.15, -0.1) is 0 Å². The lowest BCUT2D eigenvalue weighted by molar-refractivity contribution is -0.386. The maximum atomic E-state index is 12.4. The highest BCUT2D eigenvalue weighted by atomic mass is 19.3. The molecular formula is C8H6F2N2O4. The number of methoxy groups -OCH3 is 1. The Kier molecular flexibility index (Phi) is 3.44. The molecule has 0 atom stereocenters. The predicted octanol–water partition coefficient (Wildman–Crippen LogP) is 1.75. The van der Waals surface area contributed by atoms with Crippen molar-refractivity contribution in [2.75, 3.05) is 7.11 Å². The van der Waals surface area contributed by atoms with Gasteiger partial charge in [-0.3, -0.25) is 14.9 Å². The number of rotatable bonds is 4. The van der Waals surface area contributed by atoms with Crippen LogP contribution in [-0.2, 0) is 0 Å². The van der Waals surface area contributed by atoms with E-state index in [0.29, 0.717) is 6.07 Å². The third-order valence-corrected chi connectivity index (χ3v) is 1.77. The van der Waals surface area contributed by atoms with Gasteiger partial charge in [-0.05, 0) is 0 Å². The van der Waals surface area contributed by atoms with Gasteiger partial charge in [-0.1, -0.05) is 0 Å². The number of pyridine rings is 1. The van der Waals surface area contributed by atoms with Crippen LogP contribution in [0.4, 0.5) is 14.5 Å². The summed E-state index contributed by atoms with van der Waals surface area (Å²) in [7, 11) is 1.09. The van der Waals surface area contributed by atoms with Gasteiger partial charge in [-0.25, -0.2) is 13.8 Å². The molecule has 0 fully saturated rings. The number of nitro groups is 1. The molecule has 0 bridgehead atoms. The normalized spacial score (nSPS) is 10.2. The molecule has 1 heterocycles. The van der Waals surface area contributed by atoms with E-state index in [4.69, 9.17) is 0 Å². The molecule has 16 heavy (non-hydrogen) atoms. The summed E-state index contributed by atoms with van der Waals surface area (Å²) in [6.45, 7) is 0. The van der Waals surface area contributed by atoms with Crippen LogP contribution in [0.15, 0.2) is 6.07 Å². The van der Waals surface area contributed by atoms with Crippen LogP contribution in [0.25, 0.3) is 0 Å². The molecule has 86 valence electrons. The van der Waals surface area contributed by atoms with Crippen LogP contribution >= 0.6 is 0 Å². The molecule has 8 heteroatoms. The lowest BCUT2D eigenvalue weighted by Crippen LogP contribution is -2.03. The molecular weight excluding hydrogens is 226 g/mol. The van der Waals surface area contributed by atoms with Crippen LogP contribution in [0, 0.1) is 10.1 Å². The van der Waals surface area contributed by atoms with Gasteiger partial charge in [0.25, 0.3) is 12.3 Å². The highest BCUT2D eigenvalue weighted by Gasteiger charge is 2.24. The quantitative estimate of drug-likeness (QED) is 0.448. The lowest BCUT2D eigenvalue weighted by Gasteiger charge is -2.05. The molecule has 0 radical (unpaired) electrons. The number of carbonyl (C=O) groups excluding carboxylic acids is 1. The van der Waals surface area contributed by atoms with Crippen molar-refractivity contribution in [2.45, 2.75) is 6.43 Å². The Morgan fingerprint density at radius 3 is 2.62 bits per heavy atom. The molecule has 1 aromatic heterocycles. The number of aldehydes is 1. The molecule has 1 rings (SSSR count). The van der Waals surface area contributed by atoms with Gasteiger partial charge in [0.05, 0.1) is 17.6 Å². The van der Waals surface area contributed by atoms with Gasteiger partial charge < -0.3 is 4.74 Å². The highest BCUT2D eigenvalue weighted by molar-refractivity contribution is 5.76. The van der Waals surface area contributed by atoms with Gasteiger partial charge in [0.2, 0.25) is 0 Å². The number of halogens is 2. The Labute approximate surface area is 88.0 Å². The molecule has 0 amide bonds. The molecule has 0 unspecified atom stereocenters. The number of hydrogen-bond donors (Lipinski definition) is 0. The topological polar surface area (TPSA) is 82.3 Å². The van der Waals surface area contributed by atoms with Crippen LogP contribution in [0.5, 0.6) is 5.88 Å². The lowest BCUT2D eigenvalue weighted by atomic mass is 10.2. The van der Waals surface area contributed by atoms with Crippen LogP contribution < -0.4 is 4.74 Å². The summed E-state index contributed by atoms with van der Waals surface area (Å²) in [5, 5.41) is 10.5. The van der Waals surface area contributed by atoms with Gasteiger partial charge in [0, 0.05) is 6.07 Å². The van der Waals surface area contributed by atoms with E-state index in [0.717, 1.165) is 7.11 Å². The molecule has 6 nitrogen and oxygen atoms in total. The molecule has 0 aromatic carbocycles. The largest absolute Gasteiger partial charge is 0.476 e. The van der Waals surface area contributed by atoms with Crippen molar-refractivity contribution in [3.8, 4) is 5.88 Å². The second-order valence-electron chi connectivity index (χ2n) is 2.67.